The van der Waals surface area contributed by atoms with Crippen molar-refractivity contribution in [3.05, 3.63) is 52.7 Å². The maximum atomic E-state index is 12.9. The van der Waals surface area contributed by atoms with Gasteiger partial charge in [-0.1, -0.05) is 6.07 Å². The van der Waals surface area contributed by atoms with Crippen LogP contribution in [0.15, 0.2) is 41.6 Å². The maximum absolute atomic E-state index is 12.9. The molecule has 0 unspecified atom stereocenters. The number of benzene rings is 2. The van der Waals surface area contributed by atoms with E-state index < -0.39 is 0 Å². The van der Waals surface area contributed by atoms with Crippen molar-refractivity contribution in [3.8, 4) is 23.0 Å². The van der Waals surface area contributed by atoms with E-state index >= 15 is 0 Å². The van der Waals surface area contributed by atoms with Gasteiger partial charge in [0.1, 0.15) is 0 Å². The standard InChI is InChI=1S/C21H17NO5/c23-15-3-1-2-13-21(15)20(11-4-5-16-17(6-11)25-9-24-16)12-7-18-19(27-10-26-18)8-14(12)22-13/h4-8,20,22H,1-3,9-10H2/t20-/m0/s1. The summed E-state index contributed by atoms with van der Waals surface area (Å²) in [6.45, 7) is 0.451. The van der Waals surface area contributed by atoms with Crippen LogP contribution >= 0.6 is 0 Å². The molecule has 0 fully saturated rings. The SMILES string of the molecule is O=C1CCCC2=C1[C@@H](c1ccc3c(c1)OCO3)c1cc3c(cc1N2)OCO3. The van der Waals surface area contributed by atoms with E-state index in [9.17, 15) is 4.79 Å². The number of carbonyl (C=O) groups excluding carboxylic acids is 1. The average molecular weight is 363 g/mol. The van der Waals surface area contributed by atoms with E-state index in [1.54, 1.807) is 0 Å². The number of ether oxygens (including phenoxy) is 4. The highest BCUT2D eigenvalue weighted by atomic mass is 16.7. The number of fused-ring (bicyclic) bond motifs is 3. The highest BCUT2D eigenvalue weighted by molar-refractivity contribution is 6.01. The van der Waals surface area contributed by atoms with Gasteiger partial charge in [-0.25, -0.2) is 0 Å². The second-order valence-corrected chi connectivity index (χ2v) is 7.13. The van der Waals surface area contributed by atoms with Gasteiger partial charge in [-0.15, -0.1) is 0 Å². The first-order valence-corrected chi connectivity index (χ1v) is 9.14. The predicted octanol–water partition coefficient (Wildman–Crippen LogP) is 3.71. The molecule has 6 rings (SSSR count). The maximum Gasteiger partial charge on any atom is 0.231 e. The molecule has 0 spiro atoms. The van der Waals surface area contributed by atoms with E-state index in [-0.39, 0.29) is 25.3 Å². The Hall–Kier alpha value is -3.15. The summed E-state index contributed by atoms with van der Waals surface area (Å²) in [6, 6.07) is 9.88. The highest BCUT2D eigenvalue weighted by Crippen LogP contribution is 2.50. The van der Waals surface area contributed by atoms with Crippen molar-refractivity contribution in [2.45, 2.75) is 25.2 Å². The number of rotatable bonds is 1. The topological polar surface area (TPSA) is 66.0 Å². The van der Waals surface area contributed by atoms with Gasteiger partial charge in [-0.2, -0.15) is 0 Å². The Balaban J connectivity index is 1.57. The minimum Gasteiger partial charge on any atom is -0.454 e. The summed E-state index contributed by atoms with van der Waals surface area (Å²) < 4.78 is 22.2. The van der Waals surface area contributed by atoms with Crippen molar-refractivity contribution in [3.63, 3.8) is 0 Å². The lowest BCUT2D eigenvalue weighted by Crippen LogP contribution is -2.26. The molecule has 1 N–H and O–H groups in total. The summed E-state index contributed by atoms with van der Waals surface area (Å²) >= 11 is 0. The number of carbonyl (C=O) groups is 1. The minimum atomic E-state index is -0.159. The van der Waals surface area contributed by atoms with Crippen LogP contribution in [0.1, 0.15) is 36.3 Å². The molecule has 0 amide bonds. The van der Waals surface area contributed by atoms with Gasteiger partial charge >= 0.3 is 0 Å². The number of allylic oxidation sites excluding steroid dienone is 2. The third-order valence-corrected chi connectivity index (χ3v) is 5.62. The quantitative estimate of drug-likeness (QED) is 0.833. The van der Waals surface area contributed by atoms with Gasteiger partial charge in [0.25, 0.3) is 0 Å². The number of ketones is 1. The van der Waals surface area contributed by atoms with Gasteiger partial charge in [0.2, 0.25) is 13.6 Å². The van der Waals surface area contributed by atoms with Crippen molar-refractivity contribution in [1.82, 2.24) is 0 Å². The molecule has 6 nitrogen and oxygen atoms in total. The van der Waals surface area contributed by atoms with Gasteiger partial charge in [0, 0.05) is 35.4 Å². The second kappa shape index (κ2) is 5.42. The first-order chi connectivity index (χ1) is 13.3. The van der Waals surface area contributed by atoms with Gasteiger partial charge in [-0.3, -0.25) is 4.79 Å². The van der Waals surface area contributed by atoms with Crippen molar-refractivity contribution >= 4 is 11.5 Å². The number of Topliss-reactive ketones (excluding diaryl/α,β-unsaturated/α-hetero) is 1. The molecule has 0 bridgehead atoms. The number of hydrogen-bond acceptors (Lipinski definition) is 6. The zero-order chi connectivity index (χ0) is 18.0. The van der Waals surface area contributed by atoms with Crippen molar-refractivity contribution < 1.29 is 23.7 Å². The van der Waals surface area contributed by atoms with E-state index in [0.29, 0.717) is 12.2 Å². The van der Waals surface area contributed by atoms with Crippen molar-refractivity contribution in [2.24, 2.45) is 0 Å². The monoisotopic (exact) mass is 363 g/mol. The summed E-state index contributed by atoms with van der Waals surface area (Å²) in [5.74, 6) is 2.95. The van der Waals surface area contributed by atoms with Crippen LogP contribution in [-0.4, -0.2) is 19.4 Å². The summed E-state index contributed by atoms with van der Waals surface area (Å²) in [6.07, 6.45) is 2.33. The van der Waals surface area contributed by atoms with Crippen molar-refractivity contribution in [2.75, 3.05) is 18.9 Å². The molecule has 27 heavy (non-hydrogen) atoms. The minimum absolute atomic E-state index is 0.159. The largest absolute Gasteiger partial charge is 0.454 e. The lowest BCUT2D eigenvalue weighted by molar-refractivity contribution is -0.116. The fourth-order valence-corrected chi connectivity index (χ4v) is 4.39. The Labute approximate surface area is 155 Å². The molecule has 1 atom stereocenters. The Bertz CT molecular complexity index is 1030. The van der Waals surface area contributed by atoms with Crippen LogP contribution in [0.4, 0.5) is 5.69 Å². The molecule has 3 aliphatic heterocycles. The lowest BCUT2D eigenvalue weighted by Gasteiger charge is -2.34. The zero-order valence-corrected chi connectivity index (χ0v) is 14.5. The summed E-state index contributed by atoms with van der Waals surface area (Å²) in [4.78, 5) is 12.9. The van der Waals surface area contributed by atoms with Crippen LogP contribution < -0.4 is 24.3 Å². The molecular weight excluding hydrogens is 346 g/mol. The van der Waals surface area contributed by atoms with Crippen LogP contribution in [0.25, 0.3) is 0 Å². The third-order valence-electron chi connectivity index (χ3n) is 5.62. The Morgan fingerprint density at radius 3 is 2.44 bits per heavy atom. The smallest absolute Gasteiger partial charge is 0.231 e. The molecule has 0 aromatic heterocycles. The predicted molar refractivity (Wildman–Crippen MR) is 96.5 cm³/mol. The van der Waals surface area contributed by atoms with E-state index in [4.69, 9.17) is 18.9 Å². The zero-order valence-electron chi connectivity index (χ0n) is 14.5. The van der Waals surface area contributed by atoms with E-state index in [1.165, 1.54) is 0 Å². The first-order valence-electron chi connectivity index (χ1n) is 9.14. The fraction of sp³-hybridized carbons (Fsp3) is 0.286. The molecule has 136 valence electrons. The Kier molecular flexibility index (Phi) is 3.01. The number of hydrogen-bond donors (Lipinski definition) is 1. The average Bonchev–Trinajstić information content (AvgIpc) is 3.32. The molecule has 1 aliphatic carbocycles. The molecule has 6 heteroatoms. The van der Waals surface area contributed by atoms with Gasteiger partial charge in [0.05, 0.1) is 0 Å². The molecule has 2 aromatic carbocycles. The van der Waals surface area contributed by atoms with E-state index in [0.717, 1.165) is 58.2 Å². The highest BCUT2D eigenvalue weighted by Gasteiger charge is 2.37. The van der Waals surface area contributed by atoms with Crippen LogP contribution in [0, 0.1) is 0 Å². The third kappa shape index (κ3) is 2.16. The number of anilines is 1. The van der Waals surface area contributed by atoms with Crippen LogP contribution in [0.3, 0.4) is 0 Å². The van der Waals surface area contributed by atoms with Crippen LogP contribution in [0.2, 0.25) is 0 Å². The molecule has 0 radical (unpaired) electrons. The fourth-order valence-electron chi connectivity index (χ4n) is 4.39. The van der Waals surface area contributed by atoms with Crippen LogP contribution in [-0.2, 0) is 4.79 Å². The molecule has 0 saturated heterocycles. The summed E-state index contributed by atoms with van der Waals surface area (Å²) in [7, 11) is 0. The number of nitrogens with one attached hydrogen (secondary N) is 1. The van der Waals surface area contributed by atoms with Gasteiger partial charge in [0.15, 0.2) is 28.8 Å². The molecular formula is C21H17NO5. The Morgan fingerprint density at radius 1 is 0.852 bits per heavy atom. The lowest BCUT2D eigenvalue weighted by atomic mass is 9.75. The van der Waals surface area contributed by atoms with Gasteiger partial charge < -0.3 is 24.3 Å². The summed E-state index contributed by atoms with van der Waals surface area (Å²) in [5, 5.41) is 3.48. The first kappa shape index (κ1) is 15.0. The molecule has 0 saturated carbocycles. The normalized spacial score (nSPS) is 21.6. The van der Waals surface area contributed by atoms with E-state index in [2.05, 4.69) is 5.32 Å². The Morgan fingerprint density at radius 2 is 1.59 bits per heavy atom. The van der Waals surface area contributed by atoms with Gasteiger partial charge in [-0.05, 0) is 42.2 Å². The van der Waals surface area contributed by atoms with Crippen molar-refractivity contribution in [1.29, 1.82) is 0 Å². The molecule has 4 aliphatic rings. The summed E-state index contributed by atoms with van der Waals surface area (Å²) in [5.41, 5.74) is 4.87. The molecule has 3 heterocycles. The second-order valence-electron chi connectivity index (χ2n) is 7.13. The van der Waals surface area contributed by atoms with E-state index in [1.807, 2.05) is 30.3 Å². The molecule has 2 aromatic rings. The van der Waals surface area contributed by atoms with Crippen LogP contribution in [0.5, 0.6) is 23.0 Å².